The largest absolute Gasteiger partial charge is 0.376 e. The van der Waals surface area contributed by atoms with Crippen molar-refractivity contribution in [2.45, 2.75) is 6.54 Å². The number of nitrogens with one attached hydrogen (secondary N) is 2. The predicted molar refractivity (Wildman–Crippen MR) is 82.6 cm³/mol. The highest BCUT2D eigenvalue weighted by Gasteiger charge is 2.21. The fraction of sp³-hybridized carbons (Fsp3) is 0.0625. The lowest BCUT2D eigenvalue weighted by molar-refractivity contribution is 0.587. The predicted octanol–water partition coefficient (Wildman–Crippen LogP) is 2.31. The number of hydrogen-bond acceptors (Lipinski definition) is 5. The third-order valence-corrected chi connectivity index (χ3v) is 3.32. The number of hydrogen-bond donors (Lipinski definition) is 2. The van der Waals surface area contributed by atoms with Crippen LogP contribution in [-0.2, 0) is 6.54 Å². The first-order valence-electron chi connectivity index (χ1n) is 6.74. The Kier molecular flexibility index (Phi) is 3.84. The number of aromatic nitrogens is 1. The van der Waals surface area contributed by atoms with Crippen LogP contribution in [0.15, 0.2) is 52.3 Å². The van der Waals surface area contributed by atoms with E-state index in [0.29, 0.717) is 5.69 Å². The van der Waals surface area contributed by atoms with Gasteiger partial charge in [0.15, 0.2) is 0 Å². The summed E-state index contributed by atoms with van der Waals surface area (Å²) in [4.78, 5) is 27.1. The van der Waals surface area contributed by atoms with Crippen molar-refractivity contribution in [1.29, 1.82) is 0 Å². The van der Waals surface area contributed by atoms with Gasteiger partial charge in [0.2, 0.25) is 0 Å². The van der Waals surface area contributed by atoms with Crippen molar-refractivity contribution in [3.63, 3.8) is 0 Å². The minimum absolute atomic E-state index is 0.0514. The van der Waals surface area contributed by atoms with Crippen molar-refractivity contribution >= 4 is 17.1 Å². The molecule has 116 valence electrons. The van der Waals surface area contributed by atoms with E-state index in [4.69, 9.17) is 0 Å². The highest BCUT2D eigenvalue weighted by atomic mass is 19.1. The van der Waals surface area contributed by atoms with Crippen LogP contribution in [0.5, 0.6) is 0 Å². The van der Waals surface area contributed by atoms with Gasteiger partial charge in [0, 0.05) is 30.2 Å². The number of benzene rings is 1. The minimum Gasteiger partial charge on any atom is -0.376 e. The van der Waals surface area contributed by atoms with Gasteiger partial charge in [0.25, 0.3) is 10.9 Å². The van der Waals surface area contributed by atoms with Crippen LogP contribution in [0.25, 0.3) is 0 Å². The summed E-state index contributed by atoms with van der Waals surface area (Å²) in [6.45, 7) is -0.112. The average Bonchev–Trinajstić information content (AvgIpc) is 2.57. The molecule has 1 aromatic heterocycles. The van der Waals surface area contributed by atoms with E-state index < -0.39 is 22.5 Å². The van der Waals surface area contributed by atoms with Crippen molar-refractivity contribution in [2.24, 2.45) is 0 Å². The zero-order valence-corrected chi connectivity index (χ0v) is 11.8. The van der Waals surface area contributed by atoms with Crippen LogP contribution in [0.4, 0.5) is 25.8 Å². The van der Waals surface area contributed by atoms with E-state index in [1.54, 1.807) is 12.1 Å². The summed E-state index contributed by atoms with van der Waals surface area (Å²) in [5.74, 6) is -1.18. The lowest BCUT2D eigenvalue weighted by atomic mass is 10.1. The Balaban J connectivity index is 1.79. The van der Waals surface area contributed by atoms with E-state index in [2.05, 4.69) is 15.6 Å². The maximum atomic E-state index is 13.6. The third-order valence-electron chi connectivity index (χ3n) is 3.32. The Morgan fingerprint density at radius 3 is 2.39 bits per heavy atom. The first-order chi connectivity index (χ1) is 11.1. The first kappa shape index (κ1) is 14.8. The van der Waals surface area contributed by atoms with E-state index in [1.807, 2.05) is 0 Å². The molecule has 0 aliphatic rings. The molecular formula is C16H11F2N3O2. The van der Waals surface area contributed by atoms with Gasteiger partial charge in [-0.25, -0.2) is 8.78 Å². The maximum Gasteiger partial charge on any atom is 0.253 e. The zero-order chi connectivity index (χ0) is 16.4. The van der Waals surface area contributed by atoms with Crippen LogP contribution in [0.1, 0.15) is 5.56 Å². The summed E-state index contributed by atoms with van der Waals surface area (Å²) in [7, 11) is 0. The lowest BCUT2D eigenvalue weighted by Gasteiger charge is -2.15. The average molecular weight is 315 g/mol. The molecule has 0 unspecified atom stereocenters. The van der Waals surface area contributed by atoms with Crippen molar-refractivity contribution < 1.29 is 8.78 Å². The van der Waals surface area contributed by atoms with E-state index in [1.165, 1.54) is 12.4 Å². The zero-order valence-electron chi connectivity index (χ0n) is 11.8. The van der Waals surface area contributed by atoms with Gasteiger partial charge < -0.3 is 10.6 Å². The lowest BCUT2D eigenvalue weighted by Crippen LogP contribution is -2.36. The van der Waals surface area contributed by atoms with Crippen LogP contribution < -0.4 is 21.5 Å². The van der Waals surface area contributed by atoms with Gasteiger partial charge in [0.1, 0.15) is 23.0 Å². The highest BCUT2D eigenvalue weighted by Crippen LogP contribution is 2.21. The topological polar surface area (TPSA) is 71.1 Å². The van der Waals surface area contributed by atoms with Crippen LogP contribution in [0.2, 0.25) is 0 Å². The first-order valence-corrected chi connectivity index (χ1v) is 6.74. The fourth-order valence-electron chi connectivity index (χ4n) is 2.12. The quantitative estimate of drug-likeness (QED) is 0.707. The summed E-state index contributed by atoms with van der Waals surface area (Å²) in [5.41, 5.74) is -0.559. The molecule has 0 aliphatic carbocycles. The molecule has 0 radical (unpaired) electrons. The fourth-order valence-corrected chi connectivity index (χ4v) is 2.12. The Bertz CT molecular complexity index is 919. The molecule has 0 atom stereocenters. The summed E-state index contributed by atoms with van der Waals surface area (Å²) in [6.07, 6.45) is 3.06. The second-order valence-electron chi connectivity index (χ2n) is 4.86. The Morgan fingerprint density at radius 2 is 1.65 bits per heavy atom. The molecule has 7 heteroatoms. The SMILES string of the molecule is O=c1c(NCc2cc(F)ccc2F)c(Nc2ccncc2)c1=O. The smallest absolute Gasteiger partial charge is 0.253 e. The second kappa shape index (κ2) is 5.96. The van der Waals surface area contributed by atoms with Crippen LogP contribution >= 0.6 is 0 Å². The second-order valence-corrected chi connectivity index (χ2v) is 4.86. The molecule has 5 nitrogen and oxygen atoms in total. The van der Waals surface area contributed by atoms with Gasteiger partial charge in [-0.3, -0.25) is 14.6 Å². The maximum absolute atomic E-state index is 13.6. The number of anilines is 3. The number of halogens is 2. The van der Waals surface area contributed by atoms with E-state index in [0.717, 1.165) is 18.2 Å². The Hall–Kier alpha value is -3.09. The molecule has 2 aromatic carbocycles. The van der Waals surface area contributed by atoms with Crippen LogP contribution in [0, 0.1) is 11.6 Å². The summed E-state index contributed by atoms with van der Waals surface area (Å²) in [5, 5.41) is 5.49. The van der Waals surface area contributed by atoms with Crippen molar-refractivity contribution in [2.75, 3.05) is 10.6 Å². The van der Waals surface area contributed by atoms with Crippen molar-refractivity contribution in [3.05, 3.63) is 80.4 Å². The van der Waals surface area contributed by atoms with Crippen molar-refractivity contribution in [3.8, 4) is 0 Å². The normalized spacial score (nSPS) is 10.7. The molecule has 3 aromatic rings. The monoisotopic (exact) mass is 315 g/mol. The van der Waals surface area contributed by atoms with Gasteiger partial charge in [-0.2, -0.15) is 0 Å². The van der Waals surface area contributed by atoms with Crippen molar-refractivity contribution in [1.82, 2.24) is 4.98 Å². The molecule has 0 fully saturated rings. The molecule has 23 heavy (non-hydrogen) atoms. The summed E-state index contributed by atoms with van der Waals surface area (Å²) >= 11 is 0. The Labute approximate surface area is 129 Å². The van der Waals surface area contributed by atoms with E-state index in [9.17, 15) is 18.4 Å². The molecule has 2 N–H and O–H groups in total. The van der Waals surface area contributed by atoms with Crippen LogP contribution in [-0.4, -0.2) is 4.98 Å². The summed E-state index contributed by atoms with van der Waals surface area (Å²) in [6, 6.07) is 6.31. The molecule has 0 saturated heterocycles. The van der Waals surface area contributed by atoms with Crippen LogP contribution in [0.3, 0.4) is 0 Å². The molecule has 0 aliphatic heterocycles. The molecule has 0 spiro atoms. The number of pyridine rings is 1. The molecule has 0 saturated carbocycles. The number of rotatable bonds is 5. The van der Waals surface area contributed by atoms with Gasteiger partial charge in [-0.05, 0) is 30.3 Å². The summed E-state index contributed by atoms with van der Waals surface area (Å²) < 4.78 is 26.7. The highest BCUT2D eigenvalue weighted by molar-refractivity contribution is 5.78. The van der Waals surface area contributed by atoms with E-state index >= 15 is 0 Å². The molecular weight excluding hydrogens is 304 g/mol. The standard InChI is InChI=1S/C16H11F2N3O2/c17-10-1-2-12(18)9(7-10)8-20-13-14(16(23)15(13)22)21-11-3-5-19-6-4-11/h1-7,20H,8H2,(H,19,21). The molecule has 0 bridgehead atoms. The minimum atomic E-state index is -0.696. The number of nitrogens with zero attached hydrogens (tertiary/aromatic N) is 1. The molecule has 3 rings (SSSR count). The van der Waals surface area contributed by atoms with Gasteiger partial charge in [-0.1, -0.05) is 0 Å². The molecule has 1 heterocycles. The van der Waals surface area contributed by atoms with Gasteiger partial charge in [-0.15, -0.1) is 0 Å². The van der Waals surface area contributed by atoms with Gasteiger partial charge >= 0.3 is 0 Å². The Morgan fingerprint density at radius 1 is 0.957 bits per heavy atom. The van der Waals surface area contributed by atoms with Gasteiger partial charge in [0.05, 0.1) is 0 Å². The van der Waals surface area contributed by atoms with E-state index in [-0.39, 0.29) is 23.5 Å². The molecule has 0 amide bonds. The third kappa shape index (κ3) is 2.94.